The van der Waals surface area contributed by atoms with Crippen LogP contribution in [0.3, 0.4) is 0 Å². The molecule has 4 nitrogen and oxygen atoms in total. The number of hydrogen-bond donors (Lipinski definition) is 2. The van der Waals surface area contributed by atoms with E-state index in [0.717, 1.165) is 12.2 Å². The monoisotopic (exact) mass is 253 g/mol. The van der Waals surface area contributed by atoms with Gasteiger partial charge in [-0.2, -0.15) is 0 Å². The minimum atomic E-state index is 0.0768. The van der Waals surface area contributed by atoms with Gasteiger partial charge in [-0.05, 0) is 38.0 Å². The SMILES string of the molecule is CCN(c1ccc(C(N)=NO)cc1Cl)C1CC1. The first-order chi connectivity index (χ1) is 8.17. The van der Waals surface area contributed by atoms with E-state index in [1.165, 1.54) is 12.8 Å². The topological polar surface area (TPSA) is 61.8 Å². The number of anilines is 1. The van der Waals surface area contributed by atoms with E-state index in [9.17, 15) is 0 Å². The quantitative estimate of drug-likeness (QED) is 0.375. The Hall–Kier alpha value is -1.42. The lowest BCUT2D eigenvalue weighted by Crippen LogP contribution is -2.25. The number of benzene rings is 1. The third kappa shape index (κ3) is 2.47. The predicted molar refractivity (Wildman–Crippen MR) is 70.0 cm³/mol. The molecule has 0 spiro atoms. The molecule has 0 radical (unpaired) electrons. The first kappa shape index (κ1) is 12.0. The number of nitrogens with two attached hydrogens (primary N) is 1. The second-order valence-electron chi connectivity index (χ2n) is 4.17. The molecule has 0 amide bonds. The van der Waals surface area contributed by atoms with Crippen molar-refractivity contribution in [1.82, 2.24) is 0 Å². The van der Waals surface area contributed by atoms with Gasteiger partial charge in [0.1, 0.15) is 0 Å². The molecule has 1 aliphatic carbocycles. The van der Waals surface area contributed by atoms with E-state index in [-0.39, 0.29) is 5.84 Å². The first-order valence-electron chi connectivity index (χ1n) is 5.71. The molecule has 0 unspecified atom stereocenters. The Labute approximate surface area is 106 Å². The van der Waals surface area contributed by atoms with Crippen LogP contribution in [0.2, 0.25) is 5.02 Å². The second kappa shape index (κ2) is 4.84. The summed E-state index contributed by atoms with van der Waals surface area (Å²) >= 11 is 6.24. The van der Waals surface area contributed by atoms with E-state index >= 15 is 0 Å². The number of halogens is 1. The summed E-state index contributed by atoms with van der Waals surface area (Å²) in [5.41, 5.74) is 7.17. The van der Waals surface area contributed by atoms with Crippen molar-refractivity contribution in [3.05, 3.63) is 28.8 Å². The van der Waals surface area contributed by atoms with Crippen LogP contribution in [0, 0.1) is 0 Å². The molecule has 0 bridgehead atoms. The third-order valence-corrected chi connectivity index (χ3v) is 3.29. The zero-order valence-corrected chi connectivity index (χ0v) is 10.5. The van der Waals surface area contributed by atoms with Gasteiger partial charge in [-0.1, -0.05) is 16.8 Å². The smallest absolute Gasteiger partial charge is 0.170 e. The normalized spacial score (nSPS) is 16.0. The fourth-order valence-electron chi connectivity index (χ4n) is 1.97. The van der Waals surface area contributed by atoms with E-state index < -0.39 is 0 Å². The Morgan fingerprint density at radius 3 is 2.76 bits per heavy atom. The van der Waals surface area contributed by atoms with Crippen molar-refractivity contribution < 1.29 is 5.21 Å². The second-order valence-corrected chi connectivity index (χ2v) is 4.58. The van der Waals surface area contributed by atoms with Gasteiger partial charge in [-0.25, -0.2) is 0 Å². The number of nitrogens with zero attached hydrogens (tertiary/aromatic N) is 2. The van der Waals surface area contributed by atoms with Gasteiger partial charge in [0, 0.05) is 18.2 Å². The minimum absolute atomic E-state index is 0.0768. The van der Waals surface area contributed by atoms with E-state index in [2.05, 4.69) is 17.0 Å². The molecule has 0 aliphatic heterocycles. The van der Waals surface area contributed by atoms with Gasteiger partial charge in [0.25, 0.3) is 0 Å². The highest BCUT2D eigenvalue weighted by atomic mass is 35.5. The van der Waals surface area contributed by atoms with Gasteiger partial charge in [0.15, 0.2) is 5.84 Å². The number of amidine groups is 1. The molecule has 0 atom stereocenters. The summed E-state index contributed by atoms with van der Waals surface area (Å²) in [6.45, 7) is 3.05. The first-order valence-corrected chi connectivity index (χ1v) is 6.09. The molecule has 1 aliphatic rings. The Morgan fingerprint density at radius 2 is 2.29 bits per heavy atom. The summed E-state index contributed by atoms with van der Waals surface area (Å²) in [6.07, 6.45) is 2.46. The highest BCUT2D eigenvalue weighted by molar-refractivity contribution is 6.33. The van der Waals surface area contributed by atoms with Crippen LogP contribution < -0.4 is 10.6 Å². The number of rotatable bonds is 4. The van der Waals surface area contributed by atoms with Crippen molar-refractivity contribution in [3.63, 3.8) is 0 Å². The molecule has 1 saturated carbocycles. The maximum Gasteiger partial charge on any atom is 0.170 e. The Balaban J connectivity index is 2.30. The minimum Gasteiger partial charge on any atom is -0.409 e. The van der Waals surface area contributed by atoms with Gasteiger partial charge < -0.3 is 15.8 Å². The number of hydrogen-bond acceptors (Lipinski definition) is 3. The molecule has 0 saturated heterocycles. The fraction of sp³-hybridized carbons (Fsp3) is 0.417. The summed E-state index contributed by atoms with van der Waals surface area (Å²) in [7, 11) is 0. The lowest BCUT2D eigenvalue weighted by molar-refractivity contribution is 0.318. The van der Waals surface area contributed by atoms with E-state index in [0.29, 0.717) is 16.6 Å². The van der Waals surface area contributed by atoms with Crippen LogP contribution >= 0.6 is 11.6 Å². The molecule has 1 fully saturated rings. The maximum absolute atomic E-state index is 8.61. The Bertz CT molecular complexity index is 443. The summed E-state index contributed by atoms with van der Waals surface area (Å²) < 4.78 is 0. The molecule has 3 N–H and O–H groups in total. The van der Waals surface area contributed by atoms with Crippen molar-refractivity contribution in [1.29, 1.82) is 0 Å². The van der Waals surface area contributed by atoms with E-state index in [1.54, 1.807) is 6.07 Å². The fourth-order valence-corrected chi connectivity index (χ4v) is 2.26. The Kier molecular flexibility index (Phi) is 3.43. The molecule has 1 aromatic carbocycles. The van der Waals surface area contributed by atoms with Crippen LogP contribution in [0.4, 0.5) is 5.69 Å². The largest absolute Gasteiger partial charge is 0.409 e. The van der Waals surface area contributed by atoms with Crippen molar-refractivity contribution in [3.8, 4) is 0 Å². The van der Waals surface area contributed by atoms with Crippen molar-refractivity contribution in [2.75, 3.05) is 11.4 Å². The van der Waals surface area contributed by atoms with Crippen LogP contribution in [0.1, 0.15) is 25.3 Å². The van der Waals surface area contributed by atoms with Crippen LogP contribution in [-0.2, 0) is 0 Å². The molecule has 2 rings (SSSR count). The molecule has 92 valence electrons. The summed E-state index contributed by atoms with van der Waals surface area (Å²) in [5.74, 6) is 0.0768. The molecular formula is C12H16ClN3O. The van der Waals surface area contributed by atoms with Gasteiger partial charge in [-0.3, -0.25) is 0 Å². The molecule has 5 heteroatoms. The van der Waals surface area contributed by atoms with Gasteiger partial charge in [-0.15, -0.1) is 0 Å². The summed E-state index contributed by atoms with van der Waals surface area (Å²) in [6, 6.07) is 6.10. The highest BCUT2D eigenvalue weighted by Gasteiger charge is 2.29. The van der Waals surface area contributed by atoms with Crippen molar-refractivity contribution >= 4 is 23.1 Å². The van der Waals surface area contributed by atoms with Crippen molar-refractivity contribution in [2.45, 2.75) is 25.8 Å². The third-order valence-electron chi connectivity index (χ3n) is 2.99. The lowest BCUT2D eigenvalue weighted by atomic mass is 10.1. The standard InChI is InChI=1S/C12H16ClN3O/c1-2-16(9-4-5-9)11-6-3-8(7-10(11)13)12(14)15-17/h3,6-7,9,17H,2,4-5H2,1H3,(H2,14,15). The molecule has 1 aromatic rings. The molecule has 0 aromatic heterocycles. The summed E-state index contributed by atoms with van der Waals surface area (Å²) in [5, 5.41) is 12.2. The summed E-state index contributed by atoms with van der Waals surface area (Å²) in [4.78, 5) is 2.29. The molecule has 0 heterocycles. The molecular weight excluding hydrogens is 238 g/mol. The van der Waals surface area contributed by atoms with Gasteiger partial charge >= 0.3 is 0 Å². The lowest BCUT2D eigenvalue weighted by Gasteiger charge is -2.24. The van der Waals surface area contributed by atoms with Crippen molar-refractivity contribution in [2.24, 2.45) is 10.9 Å². The van der Waals surface area contributed by atoms with Crippen LogP contribution in [0.25, 0.3) is 0 Å². The van der Waals surface area contributed by atoms with Gasteiger partial charge in [0.05, 0.1) is 10.7 Å². The van der Waals surface area contributed by atoms with Gasteiger partial charge in [0.2, 0.25) is 0 Å². The van der Waals surface area contributed by atoms with Crippen LogP contribution in [0.5, 0.6) is 0 Å². The number of oxime groups is 1. The Morgan fingerprint density at radius 1 is 1.59 bits per heavy atom. The van der Waals surface area contributed by atoms with Crippen LogP contribution in [-0.4, -0.2) is 23.6 Å². The predicted octanol–water partition coefficient (Wildman–Crippen LogP) is 2.42. The van der Waals surface area contributed by atoms with E-state index in [1.807, 2.05) is 12.1 Å². The zero-order chi connectivity index (χ0) is 12.4. The zero-order valence-electron chi connectivity index (χ0n) is 9.73. The average molecular weight is 254 g/mol. The van der Waals surface area contributed by atoms with Crippen LogP contribution in [0.15, 0.2) is 23.4 Å². The maximum atomic E-state index is 8.61. The molecule has 17 heavy (non-hydrogen) atoms. The van der Waals surface area contributed by atoms with E-state index in [4.69, 9.17) is 22.5 Å². The highest BCUT2D eigenvalue weighted by Crippen LogP contribution is 2.35. The average Bonchev–Trinajstić information content (AvgIpc) is 3.15.